The minimum atomic E-state index is -0.342. The Hall–Kier alpha value is -1.84. The fourth-order valence-electron chi connectivity index (χ4n) is 2.71. The first-order valence-electron chi connectivity index (χ1n) is 6.98. The number of nitrogens with one attached hydrogen (secondary N) is 2. The highest BCUT2D eigenvalue weighted by Crippen LogP contribution is 2.34. The third kappa shape index (κ3) is 2.67. The minimum Gasteiger partial charge on any atom is -0.324 e. The molecule has 1 aliphatic rings. The van der Waals surface area contributed by atoms with Crippen molar-refractivity contribution < 1.29 is 4.79 Å². The number of aryl methyl sites for hydroxylation is 1. The van der Waals surface area contributed by atoms with Crippen LogP contribution in [0.2, 0.25) is 5.02 Å². The molecule has 2 aromatic carbocycles. The number of amides is 1. The lowest BCUT2D eigenvalue weighted by Gasteiger charge is -2.20. The molecule has 0 saturated heterocycles. The molecule has 0 aliphatic carbocycles. The van der Waals surface area contributed by atoms with Crippen LogP contribution >= 0.6 is 11.6 Å². The van der Waals surface area contributed by atoms with Gasteiger partial charge in [-0.2, -0.15) is 0 Å². The molecule has 108 valence electrons. The van der Waals surface area contributed by atoms with E-state index in [-0.39, 0.29) is 18.0 Å². The monoisotopic (exact) mass is 300 g/mol. The van der Waals surface area contributed by atoms with Crippen molar-refractivity contribution >= 4 is 23.2 Å². The summed E-state index contributed by atoms with van der Waals surface area (Å²) in [6.45, 7) is 4.04. The summed E-state index contributed by atoms with van der Waals surface area (Å²) >= 11 is 6.23. The number of hydrogen-bond donors (Lipinski definition) is 2. The molecule has 3 rings (SSSR count). The Kier molecular flexibility index (Phi) is 3.70. The van der Waals surface area contributed by atoms with Gasteiger partial charge in [0.05, 0.1) is 0 Å². The standard InChI is InChI=1S/C17H17ClN2O/c1-10-7-8-15-13(9-10)16(17(21)20-15)19-11(2)12-5-3-4-6-14(12)18/h3-9,11,16,19H,1-2H3,(H,20,21). The van der Waals surface area contributed by atoms with Crippen LogP contribution in [0.5, 0.6) is 0 Å². The van der Waals surface area contributed by atoms with E-state index in [4.69, 9.17) is 11.6 Å². The molecule has 2 N–H and O–H groups in total. The molecule has 1 aliphatic heterocycles. The summed E-state index contributed by atoms with van der Waals surface area (Å²) in [5.41, 5.74) is 4.02. The number of hydrogen-bond acceptors (Lipinski definition) is 2. The summed E-state index contributed by atoms with van der Waals surface area (Å²) in [4.78, 5) is 12.2. The largest absolute Gasteiger partial charge is 0.324 e. The van der Waals surface area contributed by atoms with Gasteiger partial charge in [0.15, 0.2) is 0 Å². The van der Waals surface area contributed by atoms with Crippen molar-refractivity contribution in [3.05, 3.63) is 64.2 Å². The van der Waals surface area contributed by atoms with Crippen LogP contribution < -0.4 is 10.6 Å². The van der Waals surface area contributed by atoms with Gasteiger partial charge in [-0.15, -0.1) is 0 Å². The lowest BCUT2D eigenvalue weighted by molar-refractivity contribution is -0.117. The lowest BCUT2D eigenvalue weighted by atomic mass is 10.0. The molecule has 0 saturated carbocycles. The highest BCUT2D eigenvalue weighted by molar-refractivity contribution is 6.31. The Bertz CT molecular complexity index is 699. The molecule has 2 aromatic rings. The zero-order valence-electron chi connectivity index (χ0n) is 12.0. The SMILES string of the molecule is Cc1ccc2c(c1)C(NC(C)c1ccccc1Cl)C(=O)N2. The Morgan fingerprint density at radius 2 is 2.00 bits per heavy atom. The zero-order chi connectivity index (χ0) is 15.0. The van der Waals surface area contributed by atoms with E-state index in [1.54, 1.807) is 0 Å². The third-order valence-electron chi connectivity index (χ3n) is 3.83. The molecule has 0 spiro atoms. The van der Waals surface area contributed by atoms with E-state index in [0.29, 0.717) is 5.02 Å². The predicted molar refractivity (Wildman–Crippen MR) is 85.6 cm³/mol. The van der Waals surface area contributed by atoms with Crippen LogP contribution in [-0.2, 0) is 4.79 Å². The van der Waals surface area contributed by atoms with E-state index in [1.165, 1.54) is 0 Å². The van der Waals surface area contributed by atoms with Crippen molar-refractivity contribution in [3.8, 4) is 0 Å². The van der Waals surface area contributed by atoms with Crippen LogP contribution in [-0.4, -0.2) is 5.91 Å². The number of carbonyl (C=O) groups excluding carboxylic acids is 1. The topological polar surface area (TPSA) is 41.1 Å². The second kappa shape index (κ2) is 5.51. The molecule has 0 fully saturated rings. The van der Waals surface area contributed by atoms with Gasteiger partial charge in [0.1, 0.15) is 6.04 Å². The second-order valence-electron chi connectivity index (χ2n) is 5.42. The summed E-state index contributed by atoms with van der Waals surface area (Å²) in [6.07, 6.45) is 0. The molecule has 4 heteroatoms. The normalized spacial score (nSPS) is 18.2. The van der Waals surface area contributed by atoms with Crippen LogP contribution in [0, 0.1) is 6.92 Å². The molecule has 2 atom stereocenters. The van der Waals surface area contributed by atoms with E-state index in [1.807, 2.05) is 56.3 Å². The Labute approximate surface area is 129 Å². The van der Waals surface area contributed by atoms with E-state index in [0.717, 1.165) is 22.4 Å². The molecule has 21 heavy (non-hydrogen) atoms. The van der Waals surface area contributed by atoms with Crippen molar-refractivity contribution in [2.24, 2.45) is 0 Å². The molecular formula is C17H17ClN2O. The number of anilines is 1. The van der Waals surface area contributed by atoms with Crippen molar-refractivity contribution in [3.63, 3.8) is 0 Å². The van der Waals surface area contributed by atoms with E-state index >= 15 is 0 Å². The van der Waals surface area contributed by atoms with Gasteiger partial charge in [-0.05, 0) is 31.5 Å². The third-order valence-corrected chi connectivity index (χ3v) is 4.17. The number of benzene rings is 2. The van der Waals surface area contributed by atoms with E-state index in [9.17, 15) is 4.79 Å². The van der Waals surface area contributed by atoms with Gasteiger partial charge in [0.25, 0.3) is 0 Å². The van der Waals surface area contributed by atoms with Gasteiger partial charge >= 0.3 is 0 Å². The molecule has 1 heterocycles. The zero-order valence-corrected chi connectivity index (χ0v) is 12.7. The number of fused-ring (bicyclic) bond motifs is 1. The van der Waals surface area contributed by atoms with Crippen LogP contribution in [0.1, 0.15) is 35.7 Å². The van der Waals surface area contributed by atoms with Gasteiger partial charge in [0, 0.05) is 22.3 Å². The van der Waals surface area contributed by atoms with Gasteiger partial charge in [0.2, 0.25) is 5.91 Å². The summed E-state index contributed by atoms with van der Waals surface area (Å²) in [7, 11) is 0. The smallest absolute Gasteiger partial charge is 0.246 e. The van der Waals surface area contributed by atoms with Crippen LogP contribution in [0.3, 0.4) is 0 Å². The molecule has 0 bridgehead atoms. The number of carbonyl (C=O) groups is 1. The first-order valence-corrected chi connectivity index (χ1v) is 7.36. The van der Waals surface area contributed by atoms with Crippen molar-refractivity contribution in [1.82, 2.24) is 5.32 Å². The van der Waals surface area contributed by atoms with Crippen molar-refractivity contribution in [2.75, 3.05) is 5.32 Å². The van der Waals surface area contributed by atoms with Crippen LogP contribution in [0.25, 0.3) is 0 Å². The van der Waals surface area contributed by atoms with Gasteiger partial charge < -0.3 is 5.32 Å². The van der Waals surface area contributed by atoms with Gasteiger partial charge in [-0.3, -0.25) is 10.1 Å². The molecule has 1 amide bonds. The molecule has 0 aromatic heterocycles. The van der Waals surface area contributed by atoms with Crippen molar-refractivity contribution in [1.29, 1.82) is 0 Å². The molecule has 3 nitrogen and oxygen atoms in total. The first kappa shape index (κ1) is 14.1. The Morgan fingerprint density at radius 1 is 1.24 bits per heavy atom. The summed E-state index contributed by atoms with van der Waals surface area (Å²) < 4.78 is 0. The first-order chi connectivity index (χ1) is 10.1. The maximum absolute atomic E-state index is 12.2. The fraction of sp³-hybridized carbons (Fsp3) is 0.235. The van der Waals surface area contributed by atoms with Gasteiger partial charge in [-0.1, -0.05) is 47.5 Å². The van der Waals surface area contributed by atoms with Crippen LogP contribution in [0.4, 0.5) is 5.69 Å². The quantitative estimate of drug-likeness (QED) is 0.900. The molecular weight excluding hydrogens is 284 g/mol. The molecule has 2 unspecified atom stereocenters. The maximum Gasteiger partial charge on any atom is 0.246 e. The van der Waals surface area contributed by atoms with E-state index < -0.39 is 0 Å². The number of rotatable bonds is 3. The Morgan fingerprint density at radius 3 is 2.76 bits per heavy atom. The average Bonchev–Trinajstić information content (AvgIpc) is 2.75. The summed E-state index contributed by atoms with van der Waals surface area (Å²) in [5.74, 6) is -0.0190. The molecule has 0 radical (unpaired) electrons. The van der Waals surface area contributed by atoms with Crippen molar-refractivity contribution in [2.45, 2.75) is 25.9 Å². The Balaban J connectivity index is 1.87. The average molecular weight is 301 g/mol. The van der Waals surface area contributed by atoms with Gasteiger partial charge in [-0.25, -0.2) is 0 Å². The maximum atomic E-state index is 12.2. The number of halogens is 1. The highest BCUT2D eigenvalue weighted by Gasteiger charge is 2.31. The lowest BCUT2D eigenvalue weighted by Crippen LogP contribution is -2.30. The summed E-state index contributed by atoms with van der Waals surface area (Å²) in [5, 5.41) is 6.99. The van der Waals surface area contributed by atoms with Crippen LogP contribution in [0.15, 0.2) is 42.5 Å². The van der Waals surface area contributed by atoms with E-state index in [2.05, 4.69) is 10.6 Å². The summed E-state index contributed by atoms with van der Waals surface area (Å²) in [6, 6.07) is 13.3. The fourth-order valence-corrected chi connectivity index (χ4v) is 3.01. The minimum absolute atomic E-state index is 0.0130. The predicted octanol–water partition coefficient (Wildman–Crippen LogP) is 3.99. The highest BCUT2D eigenvalue weighted by atomic mass is 35.5. The second-order valence-corrected chi connectivity index (χ2v) is 5.83.